The molecular formula is C14H20N2O3S2. The lowest BCUT2D eigenvalue weighted by Gasteiger charge is -2.29. The normalized spacial score (nSPS) is 17.6. The fourth-order valence-electron chi connectivity index (χ4n) is 2.27. The first-order valence-electron chi connectivity index (χ1n) is 6.82. The summed E-state index contributed by atoms with van der Waals surface area (Å²) >= 11 is 3.30. The summed E-state index contributed by atoms with van der Waals surface area (Å²) < 4.78 is 0. The Bertz CT molecular complexity index is 516. The molecule has 5 nitrogen and oxygen atoms in total. The standard InChI is InChI=1S/C14H20N2O3S2/c1-15(2)5-6-16(9-12(17)18)14(19)13-10-3-7-20-11(10)4-8-21-13/h3,7,13H,4-6,8-9H2,1-2H3,(H,17,18)/t13-/m0/s1. The summed E-state index contributed by atoms with van der Waals surface area (Å²) in [5.74, 6) is -0.129. The molecule has 0 aromatic carbocycles. The van der Waals surface area contributed by atoms with E-state index >= 15 is 0 Å². The van der Waals surface area contributed by atoms with E-state index in [-0.39, 0.29) is 17.7 Å². The zero-order valence-electron chi connectivity index (χ0n) is 12.2. The Kier molecular flexibility index (Phi) is 5.66. The van der Waals surface area contributed by atoms with Crippen LogP contribution in [0.3, 0.4) is 0 Å². The molecule has 2 rings (SSSR count). The summed E-state index contributed by atoms with van der Waals surface area (Å²) in [5.41, 5.74) is 1.07. The van der Waals surface area contributed by atoms with Gasteiger partial charge in [0.05, 0.1) is 0 Å². The van der Waals surface area contributed by atoms with Crippen molar-refractivity contribution in [3.63, 3.8) is 0 Å². The summed E-state index contributed by atoms with van der Waals surface area (Å²) in [6.45, 7) is 0.866. The van der Waals surface area contributed by atoms with Gasteiger partial charge in [0.2, 0.25) is 5.91 Å². The Hall–Kier alpha value is -1.05. The number of fused-ring (bicyclic) bond motifs is 1. The number of carboxylic acid groups (broad SMARTS) is 1. The van der Waals surface area contributed by atoms with Gasteiger partial charge in [-0.3, -0.25) is 9.59 Å². The molecule has 21 heavy (non-hydrogen) atoms. The van der Waals surface area contributed by atoms with Crippen molar-refractivity contribution in [2.75, 3.05) is 39.5 Å². The van der Waals surface area contributed by atoms with Crippen molar-refractivity contribution in [1.82, 2.24) is 9.80 Å². The highest BCUT2D eigenvalue weighted by Crippen LogP contribution is 2.40. The molecule has 116 valence electrons. The highest BCUT2D eigenvalue weighted by molar-refractivity contribution is 8.00. The molecule has 1 aromatic rings. The second-order valence-electron chi connectivity index (χ2n) is 5.26. The maximum atomic E-state index is 12.7. The number of thioether (sulfide) groups is 1. The first kappa shape index (κ1) is 16.3. The Morgan fingerprint density at radius 2 is 2.14 bits per heavy atom. The molecule has 0 saturated carbocycles. The second-order valence-corrected chi connectivity index (χ2v) is 7.47. The second kappa shape index (κ2) is 7.29. The van der Waals surface area contributed by atoms with Crippen LogP contribution in [0, 0.1) is 0 Å². The Balaban J connectivity index is 2.13. The monoisotopic (exact) mass is 328 g/mol. The lowest BCUT2D eigenvalue weighted by molar-refractivity contribution is -0.144. The molecule has 0 radical (unpaired) electrons. The molecule has 1 aromatic heterocycles. The highest BCUT2D eigenvalue weighted by atomic mass is 32.2. The van der Waals surface area contributed by atoms with Crippen molar-refractivity contribution in [3.8, 4) is 0 Å². The summed E-state index contributed by atoms with van der Waals surface area (Å²) in [5, 5.41) is 10.8. The summed E-state index contributed by atoms with van der Waals surface area (Å²) in [7, 11) is 3.82. The summed E-state index contributed by atoms with van der Waals surface area (Å²) in [6, 6.07) is 2.00. The van der Waals surface area contributed by atoms with Crippen molar-refractivity contribution >= 4 is 35.0 Å². The SMILES string of the molecule is CN(C)CCN(CC(=O)O)C(=O)[C@H]1SCCc2sccc21. The third-order valence-electron chi connectivity index (χ3n) is 3.36. The predicted octanol–water partition coefficient (Wildman–Crippen LogP) is 1.55. The van der Waals surface area contributed by atoms with Crippen molar-refractivity contribution < 1.29 is 14.7 Å². The first-order chi connectivity index (χ1) is 9.99. The number of likely N-dealkylation sites (N-methyl/N-ethyl adjacent to an activating group) is 1. The number of nitrogens with zero attached hydrogens (tertiary/aromatic N) is 2. The van der Waals surface area contributed by atoms with E-state index in [0.29, 0.717) is 13.1 Å². The Labute approximate surface area is 132 Å². The summed E-state index contributed by atoms with van der Waals surface area (Å²) in [6.07, 6.45) is 0.998. The lowest BCUT2D eigenvalue weighted by Crippen LogP contribution is -2.42. The topological polar surface area (TPSA) is 60.9 Å². The van der Waals surface area contributed by atoms with Crippen LogP contribution in [0.15, 0.2) is 11.4 Å². The minimum absolute atomic E-state index is 0.0800. The average Bonchev–Trinajstić information content (AvgIpc) is 2.90. The number of carboxylic acids is 1. The number of carbonyl (C=O) groups excluding carboxylic acids is 1. The number of rotatable bonds is 6. The van der Waals surface area contributed by atoms with Gasteiger partial charge in [0.15, 0.2) is 0 Å². The molecule has 1 aliphatic heterocycles. The number of hydrogen-bond donors (Lipinski definition) is 1. The van der Waals surface area contributed by atoms with Gasteiger partial charge in [-0.25, -0.2) is 0 Å². The van der Waals surface area contributed by atoms with E-state index < -0.39 is 5.97 Å². The molecule has 1 aliphatic rings. The molecule has 0 saturated heterocycles. The minimum Gasteiger partial charge on any atom is -0.480 e. The molecule has 1 amide bonds. The molecule has 1 atom stereocenters. The zero-order chi connectivity index (χ0) is 15.4. The number of aryl methyl sites for hydroxylation is 1. The van der Waals surface area contributed by atoms with Crippen molar-refractivity contribution in [2.24, 2.45) is 0 Å². The largest absolute Gasteiger partial charge is 0.480 e. The molecule has 1 N–H and O–H groups in total. The van der Waals surface area contributed by atoms with Gasteiger partial charge in [-0.2, -0.15) is 0 Å². The predicted molar refractivity (Wildman–Crippen MR) is 86.0 cm³/mol. The maximum Gasteiger partial charge on any atom is 0.323 e. The Morgan fingerprint density at radius 1 is 1.38 bits per heavy atom. The maximum absolute atomic E-state index is 12.7. The summed E-state index contributed by atoms with van der Waals surface area (Å²) in [4.78, 5) is 28.4. The molecule has 7 heteroatoms. The zero-order valence-corrected chi connectivity index (χ0v) is 13.9. The van der Waals surface area contributed by atoms with Crippen molar-refractivity contribution in [3.05, 3.63) is 21.9 Å². The third-order valence-corrected chi connectivity index (χ3v) is 5.58. The van der Waals surface area contributed by atoms with Crippen molar-refractivity contribution in [2.45, 2.75) is 11.7 Å². The van der Waals surface area contributed by atoms with Gasteiger partial charge in [0.25, 0.3) is 0 Å². The van der Waals surface area contributed by atoms with E-state index in [2.05, 4.69) is 0 Å². The van der Waals surface area contributed by atoms with Crippen LogP contribution in [0.2, 0.25) is 0 Å². The van der Waals surface area contributed by atoms with Gasteiger partial charge in [0.1, 0.15) is 11.8 Å². The van der Waals surface area contributed by atoms with Gasteiger partial charge in [0, 0.05) is 18.0 Å². The van der Waals surface area contributed by atoms with E-state index in [9.17, 15) is 9.59 Å². The van der Waals surface area contributed by atoms with Crippen LogP contribution in [0.25, 0.3) is 0 Å². The van der Waals surface area contributed by atoms with E-state index in [4.69, 9.17) is 5.11 Å². The van der Waals surface area contributed by atoms with Crippen LogP contribution in [0.4, 0.5) is 0 Å². The smallest absolute Gasteiger partial charge is 0.323 e. The molecule has 2 heterocycles. The van der Waals surface area contributed by atoms with E-state index in [1.54, 1.807) is 23.1 Å². The van der Waals surface area contributed by atoms with Gasteiger partial charge < -0.3 is 14.9 Å². The van der Waals surface area contributed by atoms with Crippen LogP contribution < -0.4 is 0 Å². The Morgan fingerprint density at radius 3 is 2.81 bits per heavy atom. The third kappa shape index (κ3) is 4.21. The van der Waals surface area contributed by atoms with Gasteiger partial charge in [-0.1, -0.05) is 0 Å². The quantitative estimate of drug-likeness (QED) is 0.858. The van der Waals surface area contributed by atoms with Crippen LogP contribution in [0.1, 0.15) is 15.7 Å². The fourth-order valence-corrected chi connectivity index (χ4v) is 4.64. The van der Waals surface area contributed by atoms with Gasteiger partial charge >= 0.3 is 5.97 Å². The van der Waals surface area contributed by atoms with Gasteiger partial charge in [-0.15, -0.1) is 23.1 Å². The average molecular weight is 328 g/mol. The fraction of sp³-hybridized carbons (Fsp3) is 0.571. The molecule has 0 spiro atoms. The molecular weight excluding hydrogens is 308 g/mol. The molecule has 0 fully saturated rings. The molecule has 0 bridgehead atoms. The molecule has 0 unspecified atom stereocenters. The van der Waals surface area contributed by atoms with Crippen LogP contribution >= 0.6 is 23.1 Å². The van der Waals surface area contributed by atoms with E-state index in [1.165, 1.54) is 9.78 Å². The number of thiophene rings is 1. The number of aliphatic carboxylic acids is 1. The molecule has 0 aliphatic carbocycles. The lowest BCUT2D eigenvalue weighted by atomic mass is 10.1. The number of amides is 1. The van der Waals surface area contributed by atoms with Crippen LogP contribution in [-0.2, 0) is 16.0 Å². The number of hydrogen-bond acceptors (Lipinski definition) is 5. The highest BCUT2D eigenvalue weighted by Gasteiger charge is 2.32. The van der Waals surface area contributed by atoms with Crippen LogP contribution in [-0.4, -0.2) is 66.3 Å². The van der Waals surface area contributed by atoms with Crippen molar-refractivity contribution in [1.29, 1.82) is 0 Å². The minimum atomic E-state index is -0.964. The van der Waals surface area contributed by atoms with Crippen LogP contribution in [0.5, 0.6) is 0 Å². The van der Waals surface area contributed by atoms with E-state index in [1.807, 2.05) is 30.4 Å². The van der Waals surface area contributed by atoms with E-state index in [0.717, 1.165) is 17.7 Å². The van der Waals surface area contributed by atoms with Gasteiger partial charge in [-0.05, 0) is 43.3 Å². The first-order valence-corrected chi connectivity index (χ1v) is 8.75. The number of carbonyl (C=O) groups is 2.